The Hall–Kier alpha value is -0.935. The molecule has 0 fully saturated rings. The van der Waals surface area contributed by atoms with E-state index in [2.05, 4.69) is 4.98 Å². The highest BCUT2D eigenvalue weighted by atomic mass is 19.1. The summed E-state index contributed by atoms with van der Waals surface area (Å²) < 4.78 is 22.7. The molecule has 0 aliphatic heterocycles. The summed E-state index contributed by atoms with van der Waals surface area (Å²) in [5.41, 5.74) is 0.308. The summed E-state index contributed by atoms with van der Waals surface area (Å²) >= 11 is 0. The molecule has 1 aromatic rings. The van der Waals surface area contributed by atoms with Gasteiger partial charge in [0, 0.05) is 25.9 Å². The fraction of sp³-hybridized carbons (Fsp3) is 0.286. The lowest BCUT2D eigenvalue weighted by Crippen LogP contribution is -2.37. The van der Waals surface area contributed by atoms with Gasteiger partial charge in [0.1, 0.15) is 0 Å². The highest BCUT2D eigenvalue weighted by molar-refractivity contribution is 6.61. The molecule has 0 N–H and O–H groups in total. The largest absolute Gasteiger partial charge is 0.498 e. The minimum atomic E-state index is -0.682. The second-order valence-electron chi connectivity index (χ2n) is 2.19. The monoisotopic (exact) mass is 169 g/mol. The highest BCUT2D eigenvalue weighted by Crippen LogP contribution is 1.93. The molecular formula is C7H9BFNO2. The van der Waals surface area contributed by atoms with Crippen LogP contribution >= 0.6 is 0 Å². The lowest BCUT2D eigenvalue weighted by Gasteiger charge is -2.07. The van der Waals surface area contributed by atoms with Crippen molar-refractivity contribution < 1.29 is 13.7 Å². The Kier molecular flexibility index (Phi) is 3.19. The highest BCUT2D eigenvalue weighted by Gasteiger charge is 2.22. The standard InChI is InChI=1S/C7H9BFNO2/c1-11-8(12-2)6-4-3-5-10-7(6)9/h3-5H,1-2H3. The van der Waals surface area contributed by atoms with Gasteiger partial charge in [0.05, 0.1) is 0 Å². The average molecular weight is 169 g/mol. The van der Waals surface area contributed by atoms with Gasteiger partial charge in [-0.1, -0.05) is 6.07 Å². The Morgan fingerprint density at radius 3 is 2.58 bits per heavy atom. The summed E-state index contributed by atoms with van der Waals surface area (Å²) in [6.45, 7) is 0. The van der Waals surface area contributed by atoms with Gasteiger partial charge in [0.25, 0.3) is 0 Å². The van der Waals surface area contributed by atoms with Crippen LogP contribution in [0.4, 0.5) is 4.39 Å². The summed E-state index contributed by atoms with van der Waals surface area (Å²) in [5.74, 6) is -0.564. The Morgan fingerprint density at radius 1 is 1.42 bits per heavy atom. The second kappa shape index (κ2) is 4.18. The van der Waals surface area contributed by atoms with Gasteiger partial charge in [-0.05, 0) is 6.07 Å². The predicted octanol–water partition coefficient (Wildman–Crippen LogP) is 0.209. The van der Waals surface area contributed by atoms with E-state index in [9.17, 15) is 4.39 Å². The molecule has 1 aromatic heterocycles. The third kappa shape index (κ3) is 1.81. The molecule has 1 rings (SSSR count). The molecule has 64 valence electrons. The lowest BCUT2D eigenvalue weighted by atomic mass is 9.80. The first-order chi connectivity index (χ1) is 5.79. The third-order valence-corrected chi connectivity index (χ3v) is 1.47. The minimum absolute atomic E-state index is 0.308. The Labute approximate surface area is 70.7 Å². The Balaban J connectivity index is 2.92. The van der Waals surface area contributed by atoms with Gasteiger partial charge < -0.3 is 9.31 Å². The van der Waals surface area contributed by atoms with Crippen molar-refractivity contribution in [1.29, 1.82) is 0 Å². The normalized spacial score (nSPS) is 9.92. The van der Waals surface area contributed by atoms with E-state index < -0.39 is 13.1 Å². The van der Waals surface area contributed by atoms with Gasteiger partial charge in [-0.15, -0.1) is 0 Å². The molecule has 0 aliphatic carbocycles. The van der Waals surface area contributed by atoms with Crippen molar-refractivity contribution in [3.05, 3.63) is 24.3 Å². The zero-order valence-corrected chi connectivity index (χ0v) is 6.95. The predicted molar refractivity (Wildman–Crippen MR) is 43.6 cm³/mol. The van der Waals surface area contributed by atoms with Crippen LogP contribution in [0.15, 0.2) is 18.3 Å². The Bertz CT molecular complexity index is 255. The van der Waals surface area contributed by atoms with Crippen molar-refractivity contribution in [3.8, 4) is 0 Å². The molecule has 0 bridgehead atoms. The van der Waals surface area contributed by atoms with Gasteiger partial charge >= 0.3 is 7.12 Å². The molecule has 12 heavy (non-hydrogen) atoms. The molecule has 0 aliphatic rings. The molecule has 0 aromatic carbocycles. The molecule has 5 heteroatoms. The average Bonchev–Trinajstić information content (AvgIpc) is 2.10. The summed E-state index contributed by atoms with van der Waals surface area (Å²) in [5, 5.41) is 0. The minimum Gasteiger partial charge on any atom is -0.410 e. The quantitative estimate of drug-likeness (QED) is 0.478. The molecule has 0 atom stereocenters. The molecule has 0 spiro atoms. The number of hydrogen-bond donors (Lipinski definition) is 0. The van der Waals surface area contributed by atoms with E-state index in [1.54, 1.807) is 12.1 Å². The number of nitrogens with zero attached hydrogens (tertiary/aromatic N) is 1. The van der Waals surface area contributed by atoms with Crippen LogP contribution in [0, 0.1) is 5.95 Å². The summed E-state index contributed by atoms with van der Waals surface area (Å²) in [6, 6.07) is 3.20. The summed E-state index contributed by atoms with van der Waals surface area (Å²) in [7, 11) is 2.21. The van der Waals surface area contributed by atoms with Crippen LogP contribution in [0.5, 0.6) is 0 Å². The maximum atomic E-state index is 12.9. The number of halogens is 1. The summed E-state index contributed by atoms with van der Waals surface area (Å²) in [6.07, 6.45) is 1.38. The SMILES string of the molecule is COB(OC)c1cccnc1F. The van der Waals surface area contributed by atoms with Crippen LogP contribution in [0.1, 0.15) is 0 Å². The van der Waals surface area contributed by atoms with Crippen LogP contribution in [0.3, 0.4) is 0 Å². The maximum absolute atomic E-state index is 12.9. The van der Waals surface area contributed by atoms with Crippen LogP contribution in [-0.4, -0.2) is 26.3 Å². The number of hydrogen-bond acceptors (Lipinski definition) is 3. The number of pyridine rings is 1. The zero-order chi connectivity index (χ0) is 8.97. The second-order valence-corrected chi connectivity index (χ2v) is 2.19. The van der Waals surface area contributed by atoms with Crippen LogP contribution in [-0.2, 0) is 9.31 Å². The van der Waals surface area contributed by atoms with Gasteiger partial charge in [-0.2, -0.15) is 4.39 Å². The maximum Gasteiger partial charge on any atom is 0.498 e. The fourth-order valence-corrected chi connectivity index (χ4v) is 0.924. The molecule has 0 saturated carbocycles. The molecule has 0 saturated heterocycles. The molecule has 0 radical (unpaired) electrons. The molecule has 1 heterocycles. The van der Waals surface area contributed by atoms with Crippen molar-refractivity contribution in [1.82, 2.24) is 4.98 Å². The van der Waals surface area contributed by atoms with E-state index in [4.69, 9.17) is 9.31 Å². The first kappa shape index (κ1) is 9.16. The van der Waals surface area contributed by atoms with Crippen molar-refractivity contribution >= 4 is 12.6 Å². The molecule has 3 nitrogen and oxygen atoms in total. The van der Waals surface area contributed by atoms with E-state index in [1.165, 1.54) is 20.4 Å². The van der Waals surface area contributed by atoms with Crippen molar-refractivity contribution in [2.45, 2.75) is 0 Å². The third-order valence-electron chi connectivity index (χ3n) is 1.47. The van der Waals surface area contributed by atoms with Crippen molar-refractivity contribution in [3.63, 3.8) is 0 Å². The lowest BCUT2D eigenvalue weighted by molar-refractivity contribution is 0.290. The Morgan fingerprint density at radius 2 is 2.08 bits per heavy atom. The van der Waals surface area contributed by atoms with Crippen LogP contribution in [0.2, 0.25) is 0 Å². The molecule has 0 amide bonds. The van der Waals surface area contributed by atoms with Crippen molar-refractivity contribution in [2.24, 2.45) is 0 Å². The zero-order valence-electron chi connectivity index (χ0n) is 6.95. The van der Waals surface area contributed by atoms with E-state index in [0.717, 1.165) is 0 Å². The molecule has 0 unspecified atom stereocenters. The first-order valence-electron chi connectivity index (χ1n) is 3.45. The molecular weight excluding hydrogens is 160 g/mol. The number of aromatic nitrogens is 1. The number of rotatable bonds is 3. The van der Waals surface area contributed by atoms with E-state index >= 15 is 0 Å². The smallest absolute Gasteiger partial charge is 0.410 e. The topological polar surface area (TPSA) is 31.4 Å². The van der Waals surface area contributed by atoms with Crippen LogP contribution < -0.4 is 5.46 Å². The van der Waals surface area contributed by atoms with E-state index in [-0.39, 0.29) is 0 Å². The van der Waals surface area contributed by atoms with E-state index in [1.807, 2.05) is 0 Å². The van der Waals surface area contributed by atoms with Gasteiger partial charge in [0.15, 0.2) is 0 Å². The van der Waals surface area contributed by atoms with Gasteiger partial charge in [0.2, 0.25) is 5.95 Å². The van der Waals surface area contributed by atoms with Gasteiger partial charge in [-0.3, -0.25) is 0 Å². The van der Waals surface area contributed by atoms with Crippen molar-refractivity contribution in [2.75, 3.05) is 14.2 Å². The fourth-order valence-electron chi connectivity index (χ4n) is 0.924. The van der Waals surface area contributed by atoms with E-state index in [0.29, 0.717) is 5.46 Å². The van der Waals surface area contributed by atoms with Crippen LogP contribution in [0.25, 0.3) is 0 Å². The first-order valence-corrected chi connectivity index (χ1v) is 3.45. The summed E-state index contributed by atoms with van der Waals surface area (Å²) in [4.78, 5) is 3.47. The van der Waals surface area contributed by atoms with Gasteiger partial charge in [-0.25, -0.2) is 4.98 Å².